The summed E-state index contributed by atoms with van der Waals surface area (Å²) in [7, 11) is 4.03. The minimum atomic E-state index is -0.204. The van der Waals surface area contributed by atoms with E-state index in [-0.39, 0.29) is 11.3 Å². The number of nitrogens with one attached hydrogen (secondary N) is 1. The Morgan fingerprint density at radius 1 is 1.23 bits per heavy atom. The van der Waals surface area contributed by atoms with Crippen molar-refractivity contribution in [1.82, 2.24) is 29.0 Å². The third-order valence-corrected chi connectivity index (χ3v) is 6.20. The molecule has 0 radical (unpaired) electrons. The maximum Gasteiger partial charge on any atom is 0.256 e. The Morgan fingerprint density at radius 3 is 2.77 bits per heavy atom. The van der Waals surface area contributed by atoms with Gasteiger partial charge in [-0.25, -0.2) is 9.97 Å². The molecule has 1 atom stereocenters. The molecule has 0 bridgehead atoms. The summed E-state index contributed by atoms with van der Waals surface area (Å²) in [5, 5.41) is 8.37. The number of imidazole rings is 1. The van der Waals surface area contributed by atoms with Gasteiger partial charge in [0.15, 0.2) is 5.65 Å². The van der Waals surface area contributed by atoms with Gasteiger partial charge in [-0.2, -0.15) is 5.10 Å². The number of aromatic nitrogens is 5. The largest absolute Gasteiger partial charge is 0.305 e. The second-order valence-corrected chi connectivity index (χ2v) is 9.40. The van der Waals surface area contributed by atoms with Crippen molar-refractivity contribution in [2.45, 2.75) is 33.2 Å². The zero-order chi connectivity index (χ0) is 21.9. The number of carbonyl (C=O) groups excluding carboxylic acids is 1. The van der Waals surface area contributed by atoms with E-state index < -0.39 is 0 Å². The van der Waals surface area contributed by atoms with Gasteiger partial charge in [0.1, 0.15) is 5.82 Å². The van der Waals surface area contributed by atoms with E-state index in [1.54, 1.807) is 10.9 Å². The quantitative estimate of drug-likeness (QED) is 0.551. The van der Waals surface area contributed by atoms with Crippen LogP contribution in [0.1, 0.15) is 48.1 Å². The first-order chi connectivity index (χ1) is 14.7. The lowest BCUT2D eigenvalue weighted by Gasteiger charge is -2.16. The Hall–Kier alpha value is -3.26. The first-order valence-electron chi connectivity index (χ1n) is 10.5. The summed E-state index contributed by atoms with van der Waals surface area (Å²) >= 11 is 0. The number of rotatable bonds is 3. The number of hydrogen-bond acceptors (Lipinski definition) is 5. The summed E-state index contributed by atoms with van der Waals surface area (Å²) in [6.45, 7) is 7.59. The van der Waals surface area contributed by atoms with Crippen LogP contribution in [0, 0.1) is 12.3 Å². The number of amides is 1. The number of fused-ring (bicyclic) bond motifs is 2. The van der Waals surface area contributed by atoms with Crippen molar-refractivity contribution in [1.29, 1.82) is 0 Å². The van der Waals surface area contributed by atoms with E-state index >= 15 is 0 Å². The fourth-order valence-corrected chi connectivity index (χ4v) is 4.77. The maximum absolute atomic E-state index is 12.8. The molecule has 0 unspecified atom stereocenters. The van der Waals surface area contributed by atoms with Crippen LogP contribution in [-0.4, -0.2) is 48.5 Å². The van der Waals surface area contributed by atoms with Gasteiger partial charge < -0.3 is 9.72 Å². The molecule has 1 fully saturated rings. The van der Waals surface area contributed by atoms with Crippen molar-refractivity contribution < 1.29 is 4.79 Å². The topological polar surface area (TPSA) is 80.4 Å². The van der Waals surface area contributed by atoms with Gasteiger partial charge in [0.2, 0.25) is 0 Å². The molecule has 8 heteroatoms. The second-order valence-electron chi connectivity index (χ2n) is 9.40. The number of aryl methyl sites for hydroxylation is 2. The fourth-order valence-electron chi connectivity index (χ4n) is 4.77. The van der Waals surface area contributed by atoms with Gasteiger partial charge in [0.25, 0.3) is 5.91 Å². The first-order valence-corrected chi connectivity index (χ1v) is 10.5. The van der Waals surface area contributed by atoms with Crippen LogP contribution in [0.5, 0.6) is 0 Å². The monoisotopic (exact) mass is 417 g/mol. The van der Waals surface area contributed by atoms with Crippen molar-refractivity contribution >= 4 is 28.3 Å². The van der Waals surface area contributed by atoms with Gasteiger partial charge in [0.05, 0.1) is 35.3 Å². The molecule has 4 aromatic rings. The van der Waals surface area contributed by atoms with E-state index in [1.165, 1.54) is 0 Å². The minimum absolute atomic E-state index is 0.204. The zero-order valence-corrected chi connectivity index (χ0v) is 18.5. The molecular weight excluding hydrogens is 390 g/mol. The number of hydrogen-bond donors (Lipinski definition) is 1. The number of anilines is 1. The van der Waals surface area contributed by atoms with Crippen LogP contribution < -0.4 is 5.32 Å². The summed E-state index contributed by atoms with van der Waals surface area (Å²) in [6.07, 6.45) is 6.63. The predicted octanol–water partition coefficient (Wildman–Crippen LogP) is 3.58. The molecule has 4 heterocycles. The third-order valence-electron chi connectivity index (χ3n) is 6.20. The molecule has 160 valence electrons. The Kier molecular flexibility index (Phi) is 4.37. The summed E-state index contributed by atoms with van der Waals surface area (Å²) in [6, 6.07) is 5.90. The van der Waals surface area contributed by atoms with Crippen LogP contribution in [0.15, 0.2) is 36.8 Å². The van der Waals surface area contributed by atoms with Crippen molar-refractivity contribution in [2.24, 2.45) is 12.5 Å². The van der Waals surface area contributed by atoms with Crippen LogP contribution in [0.2, 0.25) is 0 Å². The average molecular weight is 418 g/mol. The van der Waals surface area contributed by atoms with E-state index in [0.717, 1.165) is 40.9 Å². The van der Waals surface area contributed by atoms with E-state index in [2.05, 4.69) is 41.2 Å². The van der Waals surface area contributed by atoms with Crippen LogP contribution in [-0.2, 0) is 7.05 Å². The highest BCUT2D eigenvalue weighted by molar-refractivity contribution is 6.05. The smallest absolute Gasteiger partial charge is 0.256 e. The first kappa shape index (κ1) is 19.7. The Balaban J connectivity index is 1.39. The van der Waals surface area contributed by atoms with Gasteiger partial charge in [0, 0.05) is 30.7 Å². The minimum Gasteiger partial charge on any atom is -0.305 e. The molecule has 3 aromatic heterocycles. The van der Waals surface area contributed by atoms with Crippen LogP contribution in [0.25, 0.3) is 16.6 Å². The molecule has 1 N–H and O–H groups in total. The van der Waals surface area contributed by atoms with Crippen molar-refractivity contribution in [3.8, 4) is 0 Å². The Bertz CT molecular complexity index is 1320. The predicted molar refractivity (Wildman–Crippen MR) is 120 cm³/mol. The molecule has 31 heavy (non-hydrogen) atoms. The van der Waals surface area contributed by atoms with Gasteiger partial charge in [-0.1, -0.05) is 19.9 Å². The molecule has 1 aliphatic rings. The van der Waals surface area contributed by atoms with Gasteiger partial charge in [-0.3, -0.25) is 14.4 Å². The van der Waals surface area contributed by atoms with Crippen molar-refractivity contribution in [2.75, 3.05) is 18.9 Å². The lowest BCUT2D eigenvalue weighted by atomic mass is 9.90. The molecule has 0 aliphatic carbocycles. The molecule has 0 saturated carbocycles. The average Bonchev–Trinajstić information content (AvgIpc) is 3.34. The van der Waals surface area contributed by atoms with E-state index in [1.807, 2.05) is 49.0 Å². The van der Waals surface area contributed by atoms with Gasteiger partial charge >= 0.3 is 0 Å². The Labute approximate surface area is 180 Å². The molecular formula is C23H27N7O. The van der Waals surface area contributed by atoms with E-state index in [4.69, 9.17) is 4.98 Å². The van der Waals surface area contributed by atoms with Crippen LogP contribution in [0.3, 0.4) is 0 Å². The van der Waals surface area contributed by atoms with Crippen LogP contribution in [0.4, 0.5) is 5.82 Å². The highest BCUT2D eigenvalue weighted by Crippen LogP contribution is 2.41. The highest BCUT2D eigenvalue weighted by Gasteiger charge is 2.37. The second kappa shape index (κ2) is 6.88. The molecule has 1 aliphatic heterocycles. The molecule has 1 amide bonds. The Morgan fingerprint density at radius 2 is 2.03 bits per heavy atom. The molecule has 8 nitrogen and oxygen atoms in total. The number of benzene rings is 1. The van der Waals surface area contributed by atoms with Gasteiger partial charge in [-0.15, -0.1) is 0 Å². The molecule has 0 spiro atoms. The lowest BCUT2D eigenvalue weighted by Crippen LogP contribution is -2.20. The maximum atomic E-state index is 12.8. The molecule has 1 saturated heterocycles. The standard InChI is InChI=1S/C23H27N7O/c1-14-16-7-6-15(8-18(16)29(5)27-14)22(31)26-20-12-30-11-17(25-21(30)10-24-20)19-9-23(2,3)13-28(19)4/h6-8,10-12,19H,9,13H2,1-5H3,(H,26,31)/t19-/m0/s1. The SMILES string of the molecule is Cc1nn(C)c2cc(C(=O)Nc3cn4cc([C@@H]5CC(C)(C)CN5C)nc4cn3)ccc12. The van der Waals surface area contributed by atoms with Crippen LogP contribution >= 0.6 is 0 Å². The van der Waals surface area contributed by atoms with Gasteiger partial charge in [-0.05, 0) is 37.9 Å². The lowest BCUT2D eigenvalue weighted by molar-refractivity contribution is 0.102. The highest BCUT2D eigenvalue weighted by atomic mass is 16.1. The summed E-state index contributed by atoms with van der Waals surface area (Å²) < 4.78 is 3.73. The van der Waals surface area contributed by atoms with E-state index in [9.17, 15) is 4.79 Å². The fraction of sp³-hybridized carbons (Fsp3) is 0.391. The van der Waals surface area contributed by atoms with E-state index in [0.29, 0.717) is 17.4 Å². The summed E-state index contributed by atoms with van der Waals surface area (Å²) in [5.74, 6) is 0.285. The molecule has 5 rings (SSSR count). The molecule has 1 aromatic carbocycles. The number of likely N-dealkylation sites (tertiary alicyclic amines) is 1. The zero-order valence-electron chi connectivity index (χ0n) is 18.5. The number of nitrogens with zero attached hydrogens (tertiary/aromatic N) is 6. The third kappa shape index (κ3) is 3.46. The van der Waals surface area contributed by atoms with Crippen molar-refractivity contribution in [3.63, 3.8) is 0 Å². The normalized spacial score (nSPS) is 18.8. The summed E-state index contributed by atoms with van der Waals surface area (Å²) in [5.41, 5.74) is 4.53. The summed E-state index contributed by atoms with van der Waals surface area (Å²) in [4.78, 5) is 24.4. The number of carbonyl (C=O) groups is 1. The van der Waals surface area contributed by atoms with Crippen molar-refractivity contribution in [3.05, 3.63) is 53.7 Å².